The van der Waals surface area contributed by atoms with E-state index in [0.29, 0.717) is 10.7 Å². The van der Waals surface area contributed by atoms with Crippen LogP contribution < -0.4 is 4.78 Å². The summed E-state index contributed by atoms with van der Waals surface area (Å²) in [6, 6.07) is 3.79. The summed E-state index contributed by atoms with van der Waals surface area (Å²) < 4.78 is 0.659. The van der Waals surface area contributed by atoms with E-state index in [1.165, 1.54) is 29.1 Å². The summed E-state index contributed by atoms with van der Waals surface area (Å²) in [6.07, 6.45) is 2.53. The molecule has 4 heteroatoms. The number of thiophene rings is 1. The average molecular weight is 168 g/mol. The van der Waals surface area contributed by atoms with Crippen LogP contribution in [0.2, 0.25) is 0 Å². The Hall–Kier alpha value is -0.315. The van der Waals surface area contributed by atoms with E-state index in [1.807, 2.05) is 6.07 Å². The lowest BCUT2D eigenvalue weighted by atomic mass is 9.90. The average Bonchev–Trinajstić information content (AvgIpc) is 2.68. The quantitative estimate of drug-likeness (QED) is 0.623. The summed E-state index contributed by atoms with van der Waals surface area (Å²) >= 11 is 1.51. The molecule has 11 heavy (non-hydrogen) atoms. The van der Waals surface area contributed by atoms with Crippen LogP contribution in [0.4, 0.5) is 0 Å². The van der Waals surface area contributed by atoms with Crippen molar-refractivity contribution in [3.8, 4) is 0 Å². The Morgan fingerprint density at radius 2 is 2.09 bits per heavy atom. The number of hydrogen-bond acceptors (Lipinski definition) is 3. The Bertz CT molecular complexity index is 238. The molecule has 0 aliphatic heterocycles. The van der Waals surface area contributed by atoms with Crippen LogP contribution in [0.1, 0.15) is 23.6 Å². The Balaban J connectivity index is 2.18. The summed E-state index contributed by atoms with van der Waals surface area (Å²) in [5, 5.41) is 17.6. The van der Waals surface area contributed by atoms with Crippen molar-refractivity contribution in [1.29, 1.82) is 0 Å². The molecule has 2 rings (SSSR count). The number of hydrogen-bond donors (Lipinski definition) is 2. The monoisotopic (exact) mass is 168 g/mol. The van der Waals surface area contributed by atoms with Gasteiger partial charge < -0.3 is 10.0 Å². The molecule has 2 N–H and O–H groups in total. The molecule has 1 aromatic rings. The maximum Gasteiger partial charge on any atom is 0.499 e. The van der Waals surface area contributed by atoms with Crippen LogP contribution in [0.15, 0.2) is 12.1 Å². The van der Waals surface area contributed by atoms with E-state index < -0.39 is 7.12 Å². The largest absolute Gasteiger partial charge is 0.499 e. The molecule has 0 unspecified atom stereocenters. The summed E-state index contributed by atoms with van der Waals surface area (Å²) in [5.41, 5.74) is 0. The van der Waals surface area contributed by atoms with Gasteiger partial charge in [-0.1, -0.05) is 6.07 Å². The molecule has 2 nitrogen and oxygen atoms in total. The Kier molecular flexibility index (Phi) is 1.75. The Morgan fingerprint density at radius 1 is 1.36 bits per heavy atom. The van der Waals surface area contributed by atoms with Crippen LogP contribution in [0.3, 0.4) is 0 Å². The first-order valence-electron chi connectivity index (χ1n) is 3.73. The lowest BCUT2D eigenvalue weighted by Gasteiger charge is -1.90. The normalized spacial score (nSPS) is 16.9. The van der Waals surface area contributed by atoms with E-state index in [2.05, 4.69) is 0 Å². The fourth-order valence-electron chi connectivity index (χ4n) is 1.09. The van der Waals surface area contributed by atoms with E-state index in [9.17, 15) is 0 Å². The summed E-state index contributed by atoms with van der Waals surface area (Å²) in [5.74, 6) is 0.715. The molecule has 58 valence electrons. The maximum atomic E-state index is 8.81. The van der Waals surface area contributed by atoms with Gasteiger partial charge in [-0.3, -0.25) is 0 Å². The fourth-order valence-corrected chi connectivity index (χ4v) is 2.15. The first-order chi connectivity index (χ1) is 5.27. The lowest BCUT2D eigenvalue weighted by molar-refractivity contribution is 0.427. The third-order valence-corrected chi connectivity index (χ3v) is 3.17. The van der Waals surface area contributed by atoms with Gasteiger partial charge in [0.15, 0.2) is 0 Å². The molecule has 1 aliphatic rings. The first kappa shape index (κ1) is 7.34. The van der Waals surface area contributed by atoms with Gasteiger partial charge in [0.05, 0.1) is 0 Å². The second-order valence-electron chi connectivity index (χ2n) is 2.89. The molecule has 0 radical (unpaired) electrons. The smallest absolute Gasteiger partial charge is 0.423 e. The molecule has 0 saturated heterocycles. The zero-order chi connectivity index (χ0) is 7.84. The van der Waals surface area contributed by atoms with Gasteiger partial charge in [0, 0.05) is 9.65 Å². The molecule has 1 aliphatic carbocycles. The molecule has 0 amide bonds. The SMILES string of the molecule is OB(O)c1ccc(C2CC2)s1. The summed E-state index contributed by atoms with van der Waals surface area (Å²) in [6.45, 7) is 0. The van der Waals surface area contributed by atoms with Gasteiger partial charge in [-0.25, -0.2) is 0 Å². The molecule has 1 heterocycles. The van der Waals surface area contributed by atoms with Gasteiger partial charge in [-0.05, 0) is 24.8 Å². The number of rotatable bonds is 2. The van der Waals surface area contributed by atoms with Gasteiger partial charge in [-0.2, -0.15) is 0 Å². The van der Waals surface area contributed by atoms with Crippen LogP contribution in [0, 0.1) is 0 Å². The van der Waals surface area contributed by atoms with Crippen LogP contribution in [0.5, 0.6) is 0 Å². The second kappa shape index (κ2) is 2.62. The predicted octanol–water partition coefficient (Wildman–Crippen LogP) is 0.305. The van der Waals surface area contributed by atoms with Gasteiger partial charge in [0.2, 0.25) is 0 Å². The van der Waals surface area contributed by atoms with Crippen LogP contribution >= 0.6 is 11.3 Å². The predicted molar refractivity (Wildman–Crippen MR) is 46.1 cm³/mol. The van der Waals surface area contributed by atoms with Crippen molar-refractivity contribution in [2.45, 2.75) is 18.8 Å². The van der Waals surface area contributed by atoms with E-state index >= 15 is 0 Å². The minimum atomic E-state index is -1.28. The first-order valence-corrected chi connectivity index (χ1v) is 4.55. The molecular weight excluding hydrogens is 159 g/mol. The standard InChI is InChI=1S/C7H9BO2S/c9-8(10)7-4-3-6(11-7)5-1-2-5/h3-5,9-10H,1-2H2. The third kappa shape index (κ3) is 1.48. The van der Waals surface area contributed by atoms with Crippen molar-refractivity contribution in [2.75, 3.05) is 0 Å². The van der Waals surface area contributed by atoms with Crippen molar-refractivity contribution in [3.63, 3.8) is 0 Å². The van der Waals surface area contributed by atoms with Gasteiger partial charge in [-0.15, -0.1) is 11.3 Å². The van der Waals surface area contributed by atoms with Gasteiger partial charge >= 0.3 is 7.12 Å². The van der Waals surface area contributed by atoms with Crippen molar-refractivity contribution < 1.29 is 10.0 Å². The fraction of sp³-hybridized carbons (Fsp3) is 0.429. The zero-order valence-corrected chi connectivity index (χ0v) is 6.84. The minimum Gasteiger partial charge on any atom is -0.423 e. The highest BCUT2D eigenvalue weighted by Crippen LogP contribution is 2.41. The van der Waals surface area contributed by atoms with E-state index in [1.54, 1.807) is 6.07 Å². The molecule has 1 aromatic heterocycles. The Labute approximate surface area is 69.6 Å². The molecule has 1 saturated carbocycles. The van der Waals surface area contributed by atoms with Gasteiger partial charge in [0.25, 0.3) is 0 Å². The van der Waals surface area contributed by atoms with Crippen LogP contribution in [-0.4, -0.2) is 17.2 Å². The maximum absolute atomic E-state index is 8.81. The second-order valence-corrected chi connectivity index (χ2v) is 4.04. The van der Waals surface area contributed by atoms with E-state index in [-0.39, 0.29) is 0 Å². The Morgan fingerprint density at radius 3 is 2.55 bits per heavy atom. The topological polar surface area (TPSA) is 40.5 Å². The molecule has 0 atom stereocenters. The highest BCUT2D eigenvalue weighted by molar-refractivity contribution is 7.22. The van der Waals surface area contributed by atoms with Crippen molar-refractivity contribution >= 4 is 23.2 Å². The van der Waals surface area contributed by atoms with E-state index in [0.717, 1.165) is 0 Å². The van der Waals surface area contributed by atoms with E-state index in [4.69, 9.17) is 10.0 Å². The summed E-state index contributed by atoms with van der Waals surface area (Å²) in [4.78, 5) is 1.30. The highest BCUT2D eigenvalue weighted by atomic mass is 32.1. The highest BCUT2D eigenvalue weighted by Gasteiger charge is 2.26. The molecular formula is C7H9BO2S. The van der Waals surface area contributed by atoms with Crippen molar-refractivity contribution in [2.24, 2.45) is 0 Å². The lowest BCUT2D eigenvalue weighted by Crippen LogP contribution is -2.26. The zero-order valence-electron chi connectivity index (χ0n) is 6.03. The molecule has 0 spiro atoms. The van der Waals surface area contributed by atoms with Crippen molar-refractivity contribution in [1.82, 2.24) is 0 Å². The molecule has 0 bridgehead atoms. The third-order valence-electron chi connectivity index (χ3n) is 1.88. The summed E-state index contributed by atoms with van der Waals surface area (Å²) in [7, 11) is -1.28. The van der Waals surface area contributed by atoms with Crippen molar-refractivity contribution in [3.05, 3.63) is 17.0 Å². The van der Waals surface area contributed by atoms with Crippen LogP contribution in [0.25, 0.3) is 0 Å². The van der Waals surface area contributed by atoms with Gasteiger partial charge in [0.1, 0.15) is 0 Å². The minimum absolute atomic E-state index is 0.659. The molecule has 0 aromatic carbocycles. The van der Waals surface area contributed by atoms with Crippen LogP contribution in [-0.2, 0) is 0 Å². The molecule has 1 fully saturated rings.